The first-order valence-corrected chi connectivity index (χ1v) is 11.3. The molecule has 4 rings (SSSR count). The zero-order chi connectivity index (χ0) is 23.9. The molecule has 2 heterocycles. The first-order valence-electron chi connectivity index (χ1n) is 10.9. The standard InChI is InChI=1S/C26H25ClN4O3/c1-17-24(30-26(32)33-18(2)22-8-3-4-9-23(22)27)25(34-31-17)20-12-10-19(11-13-20)15-28-16-21-7-5-6-14-29-21/h3-14,18,28H,15-16H2,1-2H3,(H,30,32). The van der Waals surface area contributed by atoms with Gasteiger partial charge in [-0.25, -0.2) is 4.79 Å². The molecule has 2 aromatic heterocycles. The highest BCUT2D eigenvalue weighted by atomic mass is 35.5. The molecule has 7 nitrogen and oxygen atoms in total. The molecule has 4 aromatic rings. The lowest BCUT2D eigenvalue weighted by molar-refractivity contribution is 0.121. The summed E-state index contributed by atoms with van der Waals surface area (Å²) in [7, 11) is 0. The topological polar surface area (TPSA) is 89.3 Å². The van der Waals surface area contributed by atoms with Gasteiger partial charge in [0.05, 0.1) is 5.69 Å². The van der Waals surface area contributed by atoms with Crippen molar-refractivity contribution in [2.45, 2.75) is 33.0 Å². The third-order valence-electron chi connectivity index (χ3n) is 5.29. The maximum atomic E-state index is 12.6. The van der Waals surface area contributed by atoms with Crippen LogP contribution in [0.1, 0.15) is 35.5 Å². The van der Waals surface area contributed by atoms with E-state index in [1.807, 2.05) is 60.7 Å². The quantitative estimate of drug-likeness (QED) is 0.310. The zero-order valence-electron chi connectivity index (χ0n) is 18.9. The van der Waals surface area contributed by atoms with Crippen molar-refractivity contribution in [1.82, 2.24) is 15.5 Å². The summed E-state index contributed by atoms with van der Waals surface area (Å²) in [5.41, 5.74) is 4.65. The van der Waals surface area contributed by atoms with Crippen LogP contribution in [-0.2, 0) is 17.8 Å². The van der Waals surface area contributed by atoms with E-state index >= 15 is 0 Å². The lowest BCUT2D eigenvalue weighted by atomic mass is 10.1. The summed E-state index contributed by atoms with van der Waals surface area (Å²) in [5, 5.41) is 10.7. The molecule has 1 unspecified atom stereocenters. The monoisotopic (exact) mass is 476 g/mol. The van der Waals surface area contributed by atoms with E-state index in [4.69, 9.17) is 20.9 Å². The van der Waals surface area contributed by atoms with Gasteiger partial charge in [0, 0.05) is 35.4 Å². The second-order valence-corrected chi connectivity index (χ2v) is 8.19. The van der Waals surface area contributed by atoms with E-state index in [1.54, 1.807) is 26.1 Å². The predicted octanol–water partition coefficient (Wildman–Crippen LogP) is 6.30. The molecule has 34 heavy (non-hydrogen) atoms. The van der Waals surface area contributed by atoms with E-state index in [1.165, 1.54) is 0 Å². The minimum Gasteiger partial charge on any atom is -0.441 e. The van der Waals surface area contributed by atoms with Gasteiger partial charge in [-0.3, -0.25) is 10.3 Å². The Morgan fingerprint density at radius 3 is 2.56 bits per heavy atom. The molecule has 0 bridgehead atoms. The largest absolute Gasteiger partial charge is 0.441 e. The van der Waals surface area contributed by atoms with Gasteiger partial charge in [0.25, 0.3) is 0 Å². The van der Waals surface area contributed by atoms with Gasteiger partial charge in [-0.15, -0.1) is 0 Å². The van der Waals surface area contributed by atoms with Gasteiger partial charge in [-0.2, -0.15) is 0 Å². The van der Waals surface area contributed by atoms with Crippen molar-refractivity contribution < 1.29 is 14.1 Å². The number of nitrogens with zero attached hydrogens (tertiary/aromatic N) is 2. The number of ether oxygens (including phenoxy) is 1. The Kier molecular flexibility index (Phi) is 7.57. The van der Waals surface area contributed by atoms with Crippen LogP contribution in [-0.4, -0.2) is 16.2 Å². The van der Waals surface area contributed by atoms with Crippen LogP contribution in [0.4, 0.5) is 10.5 Å². The van der Waals surface area contributed by atoms with Crippen LogP contribution in [0.3, 0.4) is 0 Å². The first-order chi connectivity index (χ1) is 16.5. The normalized spacial score (nSPS) is 11.7. The van der Waals surface area contributed by atoms with Crippen molar-refractivity contribution in [2.75, 3.05) is 5.32 Å². The molecule has 0 saturated heterocycles. The molecule has 0 fully saturated rings. The van der Waals surface area contributed by atoms with Gasteiger partial charge >= 0.3 is 6.09 Å². The van der Waals surface area contributed by atoms with E-state index in [0.717, 1.165) is 22.4 Å². The lowest BCUT2D eigenvalue weighted by Crippen LogP contribution is -2.17. The number of carbonyl (C=O) groups is 1. The van der Waals surface area contributed by atoms with Crippen LogP contribution in [0, 0.1) is 6.92 Å². The number of carbonyl (C=O) groups excluding carboxylic acids is 1. The Morgan fingerprint density at radius 2 is 1.82 bits per heavy atom. The number of amides is 1. The molecule has 2 N–H and O–H groups in total. The highest BCUT2D eigenvalue weighted by Gasteiger charge is 2.20. The van der Waals surface area contributed by atoms with E-state index < -0.39 is 12.2 Å². The number of aryl methyl sites for hydroxylation is 1. The van der Waals surface area contributed by atoms with Crippen molar-refractivity contribution in [2.24, 2.45) is 0 Å². The zero-order valence-corrected chi connectivity index (χ0v) is 19.7. The Bertz CT molecular complexity index is 1240. The minimum atomic E-state index is -0.615. The molecule has 174 valence electrons. The average molecular weight is 477 g/mol. The second-order valence-electron chi connectivity index (χ2n) is 7.79. The van der Waals surface area contributed by atoms with Crippen LogP contribution in [0.5, 0.6) is 0 Å². The highest BCUT2D eigenvalue weighted by molar-refractivity contribution is 6.31. The first kappa shape index (κ1) is 23.5. The molecule has 8 heteroatoms. The van der Waals surface area contributed by atoms with Crippen molar-refractivity contribution in [3.05, 3.63) is 100 Å². The smallest absolute Gasteiger partial charge is 0.412 e. The third kappa shape index (κ3) is 5.81. The average Bonchev–Trinajstić information content (AvgIpc) is 3.20. The molecule has 0 saturated carbocycles. The minimum absolute atomic E-state index is 0.466. The molecule has 0 aliphatic rings. The summed E-state index contributed by atoms with van der Waals surface area (Å²) >= 11 is 6.21. The number of rotatable bonds is 8. The van der Waals surface area contributed by atoms with E-state index in [-0.39, 0.29) is 0 Å². The van der Waals surface area contributed by atoms with Crippen molar-refractivity contribution in [1.29, 1.82) is 0 Å². The fourth-order valence-corrected chi connectivity index (χ4v) is 3.78. The van der Waals surface area contributed by atoms with E-state index in [2.05, 4.69) is 20.8 Å². The highest BCUT2D eigenvalue weighted by Crippen LogP contribution is 2.32. The Morgan fingerprint density at radius 1 is 1.06 bits per heavy atom. The number of anilines is 1. The molecular weight excluding hydrogens is 452 g/mol. The molecule has 0 radical (unpaired) electrons. The maximum absolute atomic E-state index is 12.6. The van der Waals surface area contributed by atoms with Gasteiger partial charge in [-0.1, -0.05) is 65.3 Å². The SMILES string of the molecule is Cc1noc(-c2ccc(CNCc3ccccn3)cc2)c1NC(=O)OC(C)c1ccccc1Cl. The second kappa shape index (κ2) is 11.0. The number of aromatic nitrogens is 2. The summed E-state index contributed by atoms with van der Waals surface area (Å²) in [6.45, 7) is 4.91. The van der Waals surface area contributed by atoms with Gasteiger partial charge in [-0.05, 0) is 37.6 Å². The number of nitrogens with one attached hydrogen (secondary N) is 2. The summed E-state index contributed by atoms with van der Waals surface area (Å²) in [6, 6.07) is 21.0. The number of halogens is 1. The molecule has 2 aromatic carbocycles. The van der Waals surface area contributed by atoms with Crippen LogP contribution in [0.15, 0.2) is 77.4 Å². The Hall–Kier alpha value is -3.68. The molecule has 0 aliphatic carbocycles. The molecule has 1 atom stereocenters. The van der Waals surface area contributed by atoms with Crippen molar-refractivity contribution in [3.8, 4) is 11.3 Å². The van der Waals surface area contributed by atoms with Crippen LogP contribution >= 0.6 is 11.6 Å². The molecule has 0 spiro atoms. The van der Waals surface area contributed by atoms with E-state index in [9.17, 15) is 4.79 Å². The number of hydrogen-bond acceptors (Lipinski definition) is 6. The summed E-state index contributed by atoms with van der Waals surface area (Å²) in [5.74, 6) is 0.466. The maximum Gasteiger partial charge on any atom is 0.412 e. The van der Waals surface area contributed by atoms with Crippen molar-refractivity contribution >= 4 is 23.4 Å². The van der Waals surface area contributed by atoms with Gasteiger partial charge in [0.1, 0.15) is 17.5 Å². The molecule has 1 amide bonds. The fourth-order valence-electron chi connectivity index (χ4n) is 3.49. The van der Waals surface area contributed by atoms with Gasteiger partial charge < -0.3 is 14.6 Å². The van der Waals surface area contributed by atoms with Crippen LogP contribution in [0.2, 0.25) is 5.02 Å². The van der Waals surface area contributed by atoms with Crippen LogP contribution in [0.25, 0.3) is 11.3 Å². The summed E-state index contributed by atoms with van der Waals surface area (Å²) in [4.78, 5) is 16.9. The summed E-state index contributed by atoms with van der Waals surface area (Å²) in [6.07, 6.45) is 0.648. The number of pyridine rings is 1. The van der Waals surface area contributed by atoms with Gasteiger partial charge in [0.15, 0.2) is 5.76 Å². The number of benzene rings is 2. The van der Waals surface area contributed by atoms with Crippen molar-refractivity contribution in [3.63, 3.8) is 0 Å². The third-order valence-corrected chi connectivity index (χ3v) is 5.64. The fraction of sp³-hybridized carbons (Fsp3) is 0.192. The molecular formula is C26H25ClN4O3. The lowest BCUT2D eigenvalue weighted by Gasteiger charge is -2.15. The predicted molar refractivity (Wildman–Crippen MR) is 131 cm³/mol. The Balaban J connectivity index is 1.39. The Labute approximate surface area is 203 Å². The summed E-state index contributed by atoms with van der Waals surface area (Å²) < 4.78 is 11.0. The van der Waals surface area contributed by atoms with E-state index in [0.29, 0.717) is 35.3 Å². The van der Waals surface area contributed by atoms with Crippen LogP contribution < -0.4 is 10.6 Å². The van der Waals surface area contributed by atoms with Gasteiger partial charge in [0.2, 0.25) is 0 Å². The molecule has 0 aliphatic heterocycles. The number of hydrogen-bond donors (Lipinski definition) is 2.